The highest BCUT2D eigenvalue weighted by atomic mass is 28.5. The van der Waals surface area contributed by atoms with Crippen LogP contribution in [-0.4, -0.2) is 24.2 Å². The van der Waals surface area contributed by atoms with Crippen LogP contribution in [0.25, 0.3) is 0 Å². The Kier molecular flexibility index (Phi) is 10.2. The number of hydrogen-bond donors (Lipinski definition) is 0. The summed E-state index contributed by atoms with van der Waals surface area (Å²) in [5.41, 5.74) is 4.25. The van der Waals surface area contributed by atoms with E-state index in [1.807, 2.05) is 24.3 Å². The molecule has 0 radical (unpaired) electrons. The molecule has 0 amide bonds. The molecule has 1 aliphatic heterocycles. The number of fused-ring (bicyclic) bond motifs is 1. The van der Waals surface area contributed by atoms with Crippen molar-refractivity contribution in [1.82, 2.24) is 0 Å². The Morgan fingerprint density at radius 1 is 0.565 bits per heavy atom. The summed E-state index contributed by atoms with van der Waals surface area (Å²) in [6.45, 7) is 18.3. The zero-order valence-electron chi connectivity index (χ0n) is 28.9. The third kappa shape index (κ3) is 6.18. The van der Waals surface area contributed by atoms with E-state index < -0.39 is 22.7 Å². The lowest BCUT2D eigenvalue weighted by Crippen LogP contribution is -2.62. The number of methoxy groups -OCH3 is 1. The van der Waals surface area contributed by atoms with E-state index in [4.69, 9.17) is 22.4 Å². The molecule has 0 saturated carbocycles. The van der Waals surface area contributed by atoms with E-state index in [9.17, 15) is 0 Å². The van der Waals surface area contributed by atoms with Crippen molar-refractivity contribution in [3.8, 4) is 17.2 Å². The van der Waals surface area contributed by atoms with Gasteiger partial charge in [0.05, 0.1) is 13.7 Å². The second kappa shape index (κ2) is 13.8. The van der Waals surface area contributed by atoms with Crippen LogP contribution in [0.4, 0.5) is 0 Å². The lowest BCUT2D eigenvalue weighted by molar-refractivity contribution is 0.000158. The van der Waals surface area contributed by atoms with Crippen molar-refractivity contribution in [2.75, 3.05) is 7.11 Å². The van der Waals surface area contributed by atoms with E-state index in [2.05, 4.69) is 134 Å². The number of benzene rings is 4. The minimum Gasteiger partial charge on any atom is -0.517 e. The number of hydrogen-bond acceptors (Lipinski definition) is 5. The Bertz CT molecular complexity index is 1510. The van der Waals surface area contributed by atoms with Crippen molar-refractivity contribution < 1.29 is 22.4 Å². The summed E-state index contributed by atoms with van der Waals surface area (Å²) in [7, 11) is -3.79. The number of ether oxygens (including phenoxy) is 2. The van der Waals surface area contributed by atoms with Crippen LogP contribution in [0.2, 0.25) is 22.2 Å². The average Bonchev–Trinajstić information content (AvgIpc) is 3.23. The summed E-state index contributed by atoms with van der Waals surface area (Å²) < 4.78 is 34.2. The first-order valence-electron chi connectivity index (χ1n) is 16.6. The second-order valence-corrected chi connectivity index (χ2v) is 22.3. The topological polar surface area (TPSA) is 46.2 Å². The summed E-state index contributed by atoms with van der Waals surface area (Å²) in [4.78, 5) is 0. The molecule has 0 fully saturated rings. The molecular weight excluding hydrogens is 605 g/mol. The van der Waals surface area contributed by atoms with Crippen LogP contribution >= 0.6 is 0 Å². The molecule has 1 aliphatic rings. The third-order valence-corrected chi connectivity index (χ3v) is 19.5. The molecular formula is C39H50O5Si2. The van der Waals surface area contributed by atoms with Gasteiger partial charge in [-0.2, -0.15) is 0 Å². The molecule has 244 valence electrons. The first-order chi connectivity index (χ1) is 22.0. The monoisotopic (exact) mass is 654 g/mol. The van der Waals surface area contributed by atoms with Gasteiger partial charge in [0.25, 0.3) is 0 Å². The van der Waals surface area contributed by atoms with Crippen molar-refractivity contribution in [2.24, 2.45) is 0 Å². The SMILES string of the molecule is COc1ccc(C(OCc2ccc3c(c2)O[Si](C(C)C)(C(C)C)O[Si](C(C)C)(C(C)C)O3)(c2ccccc2)c2ccccc2)cc1. The Morgan fingerprint density at radius 2 is 1.02 bits per heavy atom. The van der Waals surface area contributed by atoms with Crippen LogP contribution < -0.4 is 13.6 Å². The van der Waals surface area contributed by atoms with Gasteiger partial charge in [0, 0.05) is 22.2 Å². The molecule has 4 aromatic rings. The van der Waals surface area contributed by atoms with Gasteiger partial charge in [-0.15, -0.1) is 0 Å². The second-order valence-electron chi connectivity index (χ2n) is 13.6. The van der Waals surface area contributed by atoms with E-state index in [0.29, 0.717) is 6.61 Å². The quantitative estimate of drug-likeness (QED) is 0.119. The minimum atomic E-state index is -2.77. The van der Waals surface area contributed by atoms with Crippen molar-refractivity contribution in [1.29, 1.82) is 0 Å². The van der Waals surface area contributed by atoms with Crippen LogP contribution in [0.15, 0.2) is 103 Å². The van der Waals surface area contributed by atoms with Crippen LogP contribution in [-0.2, 0) is 21.1 Å². The van der Waals surface area contributed by atoms with Gasteiger partial charge in [0.2, 0.25) is 0 Å². The lowest BCUT2D eigenvalue weighted by Gasteiger charge is -2.44. The van der Waals surface area contributed by atoms with Crippen LogP contribution in [0, 0.1) is 0 Å². The summed E-state index contributed by atoms with van der Waals surface area (Å²) >= 11 is 0. The normalized spacial score (nSPS) is 15.8. The molecule has 0 bridgehead atoms. The maximum atomic E-state index is 7.35. The van der Waals surface area contributed by atoms with Gasteiger partial charge in [-0.1, -0.05) is 134 Å². The van der Waals surface area contributed by atoms with Gasteiger partial charge in [-0.25, -0.2) is 0 Å². The molecule has 5 nitrogen and oxygen atoms in total. The van der Waals surface area contributed by atoms with Crippen molar-refractivity contribution in [2.45, 2.75) is 89.8 Å². The van der Waals surface area contributed by atoms with E-state index >= 15 is 0 Å². The van der Waals surface area contributed by atoms with Gasteiger partial charge in [-0.3, -0.25) is 0 Å². The maximum absolute atomic E-state index is 7.35. The largest absolute Gasteiger partial charge is 0.517 e. The highest BCUT2D eigenvalue weighted by Crippen LogP contribution is 2.50. The van der Waals surface area contributed by atoms with Gasteiger partial charge in [0.1, 0.15) is 22.8 Å². The van der Waals surface area contributed by atoms with Crippen LogP contribution in [0.3, 0.4) is 0 Å². The fraction of sp³-hybridized carbons (Fsp3) is 0.385. The first-order valence-corrected chi connectivity index (χ1v) is 20.5. The smallest absolute Gasteiger partial charge is 0.396 e. The zero-order valence-corrected chi connectivity index (χ0v) is 30.9. The molecule has 0 aliphatic carbocycles. The molecule has 7 heteroatoms. The van der Waals surface area contributed by atoms with Crippen molar-refractivity contribution in [3.05, 3.63) is 125 Å². The molecule has 46 heavy (non-hydrogen) atoms. The van der Waals surface area contributed by atoms with E-state index in [-0.39, 0.29) is 22.2 Å². The Balaban J connectivity index is 1.62. The molecule has 4 aromatic carbocycles. The molecule has 0 saturated heterocycles. The van der Waals surface area contributed by atoms with E-state index in [0.717, 1.165) is 39.5 Å². The lowest BCUT2D eigenvalue weighted by atomic mass is 9.80. The molecule has 0 atom stereocenters. The van der Waals surface area contributed by atoms with Crippen LogP contribution in [0.5, 0.6) is 17.2 Å². The molecule has 0 aromatic heterocycles. The third-order valence-electron chi connectivity index (χ3n) is 9.40. The summed E-state index contributed by atoms with van der Waals surface area (Å²) in [5, 5.41) is 0. The van der Waals surface area contributed by atoms with Gasteiger partial charge < -0.3 is 22.4 Å². The van der Waals surface area contributed by atoms with Crippen LogP contribution in [0.1, 0.15) is 77.6 Å². The maximum Gasteiger partial charge on any atom is 0.396 e. The minimum absolute atomic E-state index is 0.241. The molecule has 0 spiro atoms. The highest BCUT2D eigenvalue weighted by molar-refractivity contribution is 6.84. The molecule has 5 rings (SSSR count). The van der Waals surface area contributed by atoms with Gasteiger partial charge >= 0.3 is 17.1 Å². The Morgan fingerprint density at radius 3 is 1.48 bits per heavy atom. The fourth-order valence-electron chi connectivity index (χ4n) is 6.83. The zero-order chi connectivity index (χ0) is 33.1. The van der Waals surface area contributed by atoms with Crippen molar-refractivity contribution in [3.63, 3.8) is 0 Å². The summed E-state index contributed by atoms with van der Waals surface area (Å²) in [6.07, 6.45) is 0. The first kappa shape index (κ1) is 34.0. The van der Waals surface area contributed by atoms with E-state index in [1.54, 1.807) is 7.11 Å². The highest BCUT2D eigenvalue weighted by Gasteiger charge is 2.60. The molecule has 1 heterocycles. The predicted molar refractivity (Wildman–Crippen MR) is 191 cm³/mol. The van der Waals surface area contributed by atoms with E-state index in [1.165, 1.54) is 0 Å². The molecule has 0 unspecified atom stereocenters. The fourth-order valence-corrected chi connectivity index (χ4v) is 17.6. The standard InChI is InChI=1S/C39H50O5Si2/c1-28(2)45(29(3)4)42-37-25-20-32(26-38(37)43-46(44-45,30(5)6)31(7)8)27-41-39(33-16-12-10-13-17-33,34-18-14-11-15-19-34)35-21-23-36(40-9)24-22-35/h10-26,28-31H,27H2,1-9H3. The van der Waals surface area contributed by atoms with Gasteiger partial charge in [-0.05, 0) is 46.5 Å². The molecule has 0 N–H and O–H groups in total. The number of rotatable bonds is 11. The average molecular weight is 655 g/mol. The Hall–Kier alpha value is -3.37. The van der Waals surface area contributed by atoms with Crippen molar-refractivity contribution >= 4 is 17.1 Å². The summed E-state index contributed by atoms with van der Waals surface area (Å²) in [6, 6.07) is 35.3. The Labute approximate surface area is 278 Å². The predicted octanol–water partition coefficient (Wildman–Crippen LogP) is 10.5. The van der Waals surface area contributed by atoms with Gasteiger partial charge in [0.15, 0.2) is 0 Å². The summed E-state index contributed by atoms with van der Waals surface area (Å²) in [5.74, 6) is 2.34.